The highest BCUT2D eigenvalue weighted by Gasteiger charge is 2.21. The highest BCUT2D eigenvalue weighted by molar-refractivity contribution is 7.99. The number of hydrogen-bond donors (Lipinski definition) is 0. The van der Waals surface area contributed by atoms with Crippen molar-refractivity contribution in [3.63, 3.8) is 0 Å². The first-order valence-electron chi connectivity index (χ1n) is 6.88. The van der Waals surface area contributed by atoms with Gasteiger partial charge in [0.15, 0.2) is 0 Å². The third-order valence-corrected chi connectivity index (χ3v) is 5.14. The van der Waals surface area contributed by atoms with Gasteiger partial charge in [-0.15, -0.1) is 11.6 Å². The number of fused-ring (bicyclic) bond motifs is 1. The molecule has 1 aliphatic heterocycles. The van der Waals surface area contributed by atoms with E-state index in [-0.39, 0.29) is 10.9 Å². The van der Waals surface area contributed by atoms with E-state index in [1.807, 2.05) is 43.0 Å². The van der Waals surface area contributed by atoms with Gasteiger partial charge in [0.2, 0.25) is 0 Å². The largest absolute Gasteiger partial charge is 0.295 e. The number of aromatic nitrogens is 2. The second kappa shape index (κ2) is 5.78. The number of hydrogen-bond acceptors (Lipinski definition) is 3. The molecule has 0 bridgehead atoms. The summed E-state index contributed by atoms with van der Waals surface area (Å²) in [5, 5.41) is 0.417. The highest BCUT2D eigenvalue weighted by atomic mass is 35.5. The average Bonchev–Trinajstić information content (AvgIpc) is 2.94. The maximum atomic E-state index is 12.7. The number of nitrogens with zero attached hydrogens (tertiary/aromatic N) is 2. The Labute approximate surface area is 127 Å². The van der Waals surface area contributed by atoms with Gasteiger partial charge in [0.25, 0.3) is 5.56 Å². The first kappa shape index (κ1) is 14.0. The van der Waals surface area contributed by atoms with Crippen LogP contribution in [0.1, 0.15) is 24.5 Å². The van der Waals surface area contributed by atoms with E-state index in [0.29, 0.717) is 17.1 Å². The lowest BCUT2D eigenvalue weighted by atomic mass is 10.1. The zero-order chi connectivity index (χ0) is 14.1. The minimum absolute atomic E-state index is 0.0370. The maximum Gasteiger partial charge on any atom is 0.261 e. The molecule has 3 rings (SSSR count). The fourth-order valence-electron chi connectivity index (χ4n) is 2.65. The van der Waals surface area contributed by atoms with Crippen molar-refractivity contribution in [3.8, 4) is 0 Å². The van der Waals surface area contributed by atoms with Gasteiger partial charge in [0.05, 0.1) is 16.3 Å². The Balaban J connectivity index is 2.13. The topological polar surface area (TPSA) is 34.9 Å². The summed E-state index contributed by atoms with van der Waals surface area (Å²) < 4.78 is 1.79. The van der Waals surface area contributed by atoms with E-state index in [2.05, 4.69) is 4.98 Å². The van der Waals surface area contributed by atoms with E-state index in [4.69, 9.17) is 11.6 Å². The second-order valence-electron chi connectivity index (χ2n) is 5.25. The molecule has 0 amide bonds. The van der Waals surface area contributed by atoms with Crippen molar-refractivity contribution in [1.29, 1.82) is 0 Å². The van der Waals surface area contributed by atoms with Crippen LogP contribution in [0.5, 0.6) is 0 Å². The minimum Gasteiger partial charge on any atom is -0.295 e. The van der Waals surface area contributed by atoms with Crippen molar-refractivity contribution in [1.82, 2.24) is 9.55 Å². The third-order valence-electron chi connectivity index (χ3n) is 3.71. The zero-order valence-electron chi connectivity index (χ0n) is 11.4. The van der Waals surface area contributed by atoms with Crippen molar-refractivity contribution in [2.75, 3.05) is 11.5 Å². The first-order valence-corrected chi connectivity index (χ1v) is 8.47. The molecule has 5 heteroatoms. The molecule has 3 nitrogen and oxygen atoms in total. The van der Waals surface area contributed by atoms with E-state index in [1.165, 1.54) is 12.2 Å². The van der Waals surface area contributed by atoms with Crippen LogP contribution < -0.4 is 5.56 Å². The maximum absolute atomic E-state index is 12.7. The van der Waals surface area contributed by atoms with Crippen LogP contribution in [0.15, 0.2) is 29.1 Å². The molecule has 0 N–H and O–H groups in total. The predicted octanol–water partition coefficient (Wildman–Crippen LogP) is 3.45. The molecule has 20 heavy (non-hydrogen) atoms. The van der Waals surface area contributed by atoms with E-state index in [9.17, 15) is 4.79 Å². The Hall–Kier alpha value is -1.00. The molecule has 0 spiro atoms. The first-order chi connectivity index (χ1) is 9.66. The molecule has 1 fully saturated rings. The SMILES string of the molecule is CC(Cl)c1nc2ccccc2c(=O)n1CC1CCSC1. The van der Waals surface area contributed by atoms with Crippen molar-refractivity contribution < 1.29 is 0 Å². The predicted molar refractivity (Wildman–Crippen MR) is 85.7 cm³/mol. The molecule has 1 saturated heterocycles. The summed E-state index contributed by atoms with van der Waals surface area (Å²) in [6.45, 7) is 2.61. The van der Waals surface area contributed by atoms with Crippen LogP contribution in [0.2, 0.25) is 0 Å². The second-order valence-corrected chi connectivity index (χ2v) is 7.05. The lowest BCUT2D eigenvalue weighted by Crippen LogP contribution is -2.28. The molecule has 2 aromatic rings. The molecule has 1 aliphatic rings. The third kappa shape index (κ3) is 2.59. The molecular weight excluding hydrogens is 292 g/mol. The van der Waals surface area contributed by atoms with Crippen LogP contribution in [-0.4, -0.2) is 21.1 Å². The molecule has 0 radical (unpaired) electrons. The van der Waals surface area contributed by atoms with Gasteiger partial charge in [-0.05, 0) is 42.9 Å². The quantitative estimate of drug-likeness (QED) is 0.815. The molecule has 106 valence electrons. The molecule has 0 aliphatic carbocycles. The Morgan fingerprint density at radius 2 is 2.30 bits per heavy atom. The van der Waals surface area contributed by atoms with Gasteiger partial charge in [-0.2, -0.15) is 11.8 Å². The molecule has 2 atom stereocenters. The smallest absolute Gasteiger partial charge is 0.261 e. The normalized spacial score (nSPS) is 20.4. The van der Waals surface area contributed by atoms with Gasteiger partial charge >= 0.3 is 0 Å². The summed E-state index contributed by atoms with van der Waals surface area (Å²) >= 11 is 8.20. The van der Waals surface area contributed by atoms with Crippen molar-refractivity contribution in [2.45, 2.75) is 25.3 Å². The summed E-state index contributed by atoms with van der Waals surface area (Å²) in [6, 6.07) is 7.49. The number of para-hydroxylation sites is 1. The van der Waals surface area contributed by atoms with Gasteiger partial charge < -0.3 is 0 Å². The van der Waals surface area contributed by atoms with Crippen LogP contribution in [0.25, 0.3) is 10.9 Å². The number of thioether (sulfide) groups is 1. The minimum atomic E-state index is -0.263. The summed E-state index contributed by atoms with van der Waals surface area (Å²) in [6.07, 6.45) is 1.17. The fraction of sp³-hybridized carbons (Fsp3) is 0.467. The van der Waals surface area contributed by atoms with Crippen molar-refractivity contribution in [3.05, 3.63) is 40.4 Å². The van der Waals surface area contributed by atoms with Crippen LogP contribution in [-0.2, 0) is 6.54 Å². The Morgan fingerprint density at radius 3 is 3.00 bits per heavy atom. The summed E-state index contributed by atoms with van der Waals surface area (Å²) in [4.78, 5) is 17.3. The Morgan fingerprint density at radius 1 is 1.50 bits per heavy atom. The molecule has 0 saturated carbocycles. The van der Waals surface area contributed by atoms with Crippen molar-refractivity contribution in [2.24, 2.45) is 5.92 Å². The fourth-order valence-corrected chi connectivity index (χ4v) is 4.09. The highest BCUT2D eigenvalue weighted by Crippen LogP contribution is 2.26. The lowest BCUT2D eigenvalue weighted by molar-refractivity contribution is 0.466. The van der Waals surface area contributed by atoms with Crippen LogP contribution in [0.3, 0.4) is 0 Å². The van der Waals surface area contributed by atoms with Crippen LogP contribution in [0, 0.1) is 5.92 Å². The zero-order valence-corrected chi connectivity index (χ0v) is 13.0. The molecule has 2 heterocycles. The summed E-state index contributed by atoms with van der Waals surface area (Å²) in [5.74, 6) is 3.55. The van der Waals surface area contributed by atoms with Gasteiger partial charge in [0, 0.05) is 6.54 Å². The number of halogens is 1. The summed E-state index contributed by atoms with van der Waals surface area (Å²) in [7, 11) is 0. The molecule has 1 aromatic heterocycles. The van der Waals surface area contributed by atoms with E-state index in [1.54, 1.807) is 4.57 Å². The lowest BCUT2D eigenvalue weighted by Gasteiger charge is -2.17. The molecular formula is C15H17ClN2OS. The van der Waals surface area contributed by atoms with E-state index in [0.717, 1.165) is 17.8 Å². The molecule has 2 unspecified atom stereocenters. The summed E-state index contributed by atoms with van der Waals surface area (Å²) in [5.41, 5.74) is 0.770. The van der Waals surface area contributed by atoms with Crippen LogP contribution >= 0.6 is 23.4 Å². The van der Waals surface area contributed by atoms with Gasteiger partial charge in [-0.1, -0.05) is 12.1 Å². The number of benzene rings is 1. The van der Waals surface area contributed by atoms with Gasteiger partial charge in [0.1, 0.15) is 5.82 Å². The monoisotopic (exact) mass is 308 g/mol. The van der Waals surface area contributed by atoms with Crippen LogP contribution in [0.4, 0.5) is 0 Å². The van der Waals surface area contributed by atoms with E-state index < -0.39 is 0 Å². The average molecular weight is 309 g/mol. The Kier molecular flexibility index (Phi) is 4.03. The number of rotatable bonds is 3. The van der Waals surface area contributed by atoms with E-state index >= 15 is 0 Å². The standard InChI is InChI=1S/C15H17ClN2OS/c1-10(16)14-17-13-5-3-2-4-12(13)15(19)18(14)8-11-6-7-20-9-11/h2-5,10-11H,6-9H2,1H3. The van der Waals surface area contributed by atoms with Crippen molar-refractivity contribution >= 4 is 34.3 Å². The van der Waals surface area contributed by atoms with Gasteiger partial charge in [-0.3, -0.25) is 9.36 Å². The Bertz CT molecular complexity index is 677. The molecule has 1 aromatic carbocycles. The van der Waals surface area contributed by atoms with Gasteiger partial charge in [-0.25, -0.2) is 4.98 Å². The number of alkyl halides is 1.